The lowest BCUT2D eigenvalue weighted by molar-refractivity contribution is 0.177. The number of unbranched alkanes of at least 4 members (excludes halogenated alkanes) is 1. The highest BCUT2D eigenvalue weighted by Crippen LogP contribution is 2.08. The van der Waals surface area contributed by atoms with E-state index in [-0.39, 0.29) is 6.03 Å². The summed E-state index contributed by atoms with van der Waals surface area (Å²) in [5.74, 6) is 0. The van der Waals surface area contributed by atoms with Crippen LogP contribution in [0.15, 0.2) is 0 Å². The van der Waals surface area contributed by atoms with Crippen molar-refractivity contribution in [3.63, 3.8) is 0 Å². The molecule has 16 heavy (non-hydrogen) atoms. The van der Waals surface area contributed by atoms with Gasteiger partial charge in [0, 0.05) is 25.7 Å². The van der Waals surface area contributed by atoms with Crippen molar-refractivity contribution in [1.82, 2.24) is 15.1 Å². The molecule has 1 fully saturated rings. The molecule has 1 atom stereocenters. The molecule has 2 amide bonds. The van der Waals surface area contributed by atoms with Gasteiger partial charge in [-0.15, -0.1) is 0 Å². The Morgan fingerprint density at radius 2 is 2.19 bits per heavy atom. The third-order valence-corrected chi connectivity index (χ3v) is 3.11. The summed E-state index contributed by atoms with van der Waals surface area (Å²) < 4.78 is 0. The second-order valence-electron chi connectivity index (χ2n) is 4.74. The van der Waals surface area contributed by atoms with Crippen LogP contribution in [0, 0.1) is 0 Å². The Balaban J connectivity index is 2.40. The number of carbonyl (C=O) groups excluding carboxylic acids is 1. The molecule has 1 heterocycles. The van der Waals surface area contributed by atoms with Crippen LogP contribution < -0.4 is 5.32 Å². The zero-order valence-corrected chi connectivity index (χ0v) is 10.8. The highest BCUT2D eigenvalue weighted by Gasteiger charge is 2.23. The summed E-state index contributed by atoms with van der Waals surface area (Å²) in [4.78, 5) is 16.2. The minimum absolute atomic E-state index is 0.108. The average molecular weight is 227 g/mol. The van der Waals surface area contributed by atoms with E-state index in [1.54, 1.807) is 0 Å². The van der Waals surface area contributed by atoms with Crippen molar-refractivity contribution in [1.29, 1.82) is 0 Å². The molecule has 0 aromatic heterocycles. The van der Waals surface area contributed by atoms with E-state index in [1.165, 1.54) is 0 Å². The monoisotopic (exact) mass is 227 g/mol. The van der Waals surface area contributed by atoms with Crippen molar-refractivity contribution in [2.24, 2.45) is 0 Å². The van der Waals surface area contributed by atoms with Gasteiger partial charge in [-0.05, 0) is 33.4 Å². The fraction of sp³-hybridized carbons (Fsp3) is 0.917. The van der Waals surface area contributed by atoms with Gasteiger partial charge in [-0.3, -0.25) is 0 Å². The third-order valence-electron chi connectivity index (χ3n) is 3.11. The molecule has 1 saturated heterocycles. The minimum Gasteiger partial charge on any atom is -0.338 e. The quantitative estimate of drug-likeness (QED) is 0.742. The van der Waals surface area contributed by atoms with E-state index in [4.69, 9.17) is 0 Å². The van der Waals surface area contributed by atoms with E-state index in [1.807, 2.05) is 4.90 Å². The van der Waals surface area contributed by atoms with Gasteiger partial charge >= 0.3 is 6.03 Å². The maximum atomic E-state index is 11.9. The maximum absolute atomic E-state index is 11.9. The molecule has 0 aromatic rings. The lowest BCUT2D eigenvalue weighted by Gasteiger charge is -2.28. The molecular formula is C12H25N3O. The molecule has 4 heteroatoms. The average Bonchev–Trinajstić information content (AvgIpc) is 2.39. The summed E-state index contributed by atoms with van der Waals surface area (Å²) in [6.07, 6.45) is 3.26. The fourth-order valence-electron chi connectivity index (χ4n) is 2.15. The van der Waals surface area contributed by atoms with Crippen LogP contribution in [-0.2, 0) is 0 Å². The highest BCUT2D eigenvalue weighted by molar-refractivity contribution is 5.74. The Kier molecular flexibility index (Phi) is 5.60. The smallest absolute Gasteiger partial charge is 0.317 e. The number of nitrogens with zero attached hydrogens (tertiary/aromatic N) is 2. The van der Waals surface area contributed by atoms with Crippen LogP contribution in [0.5, 0.6) is 0 Å². The van der Waals surface area contributed by atoms with Crippen molar-refractivity contribution in [3.05, 3.63) is 0 Å². The molecule has 1 N–H and O–H groups in total. The summed E-state index contributed by atoms with van der Waals surface area (Å²) in [6.45, 7) is 8.00. The molecule has 0 saturated carbocycles. The van der Waals surface area contributed by atoms with Gasteiger partial charge in [0.05, 0.1) is 0 Å². The van der Waals surface area contributed by atoms with Crippen molar-refractivity contribution in [2.75, 3.05) is 33.2 Å². The zero-order chi connectivity index (χ0) is 12.0. The molecule has 1 unspecified atom stereocenters. The Morgan fingerprint density at radius 3 is 2.88 bits per heavy atom. The molecule has 0 aliphatic carbocycles. The van der Waals surface area contributed by atoms with Crippen LogP contribution in [0.4, 0.5) is 4.79 Å². The van der Waals surface area contributed by atoms with Gasteiger partial charge in [0.25, 0.3) is 0 Å². The van der Waals surface area contributed by atoms with E-state index >= 15 is 0 Å². The number of carbonyl (C=O) groups is 1. The van der Waals surface area contributed by atoms with Crippen molar-refractivity contribution in [2.45, 2.75) is 39.2 Å². The first-order valence-corrected chi connectivity index (χ1v) is 6.38. The van der Waals surface area contributed by atoms with Crippen LogP contribution in [0.3, 0.4) is 0 Å². The van der Waals surface area contributed by atoms with Crippen LogP contribution in [0.1, 0.15) is 33.1 Å². The molecule has 0 bridgehead atoms. The molecule has 1 rings (SSSR count). The molecule has 0 aromatic carbocycles. The Labute approximate surface area is 99.0 Å². The van der Waals surface area contributed by atoms with E-state index in [0.29, 0.717) is 6.04 Å². The number of hydrogen-bond acceptors (Lipinski definition) is 2. The largest absolute Gasteiger partial charge is 0.338 e. The Hall–Kier alpha value is -0.770. The summed E-state index contributed by atoms with van der Waals surface area (Å²) in [6, 6.07) is 0.422. The van der Waals surface area contributed by atoms with Gasteiger partial charge in [-0.25, -0.2) is 4.79 Å². The van der Waals surface area contributed by atoms with Crippen molar-refractivity contribution < 1.29 is 4.79 Å². The first kappa shape index (κ1) is 13.3. The van der Waals surface area contributed by atoms with Crippen molar-refractivity contribution in [3.8, 4) is 0 Å². The van der Waals surface area contributed by atoms with Crippen LogP contribution in [0.2, 0.25) is 0 Å². The van der Waals surface area contributed by atoms with E-state index in [2.05, 4.69) is 31.1 Å². The first-order valence-electron chi connectivity index (χ1n) is 6.38. The summed E-state index contributed by atoms with van der Waals surface area (Å²) in [7, 11) is 2.12. The van der Waals surface area contributed by atoms with E-state index < -0.39 is 0 Å². The standard InChI is InChI=1S/C12H25N3O/c1-4-5-7-13-12(16)15-9-6-8-14(3)10-11(15)2/h11H,4-10H2,1-3H3,(H,13,16). The molecule has 1 aliphatic rings. The van der Waals surface area contributed by atoms with E-state index in [9.17, 15) is 4.79 Å². The fourth-order valence-corrected chi connectivity index (χ4v) is 2.15. The summed E-state index contributed by atoms with van der Waals surface area (Å²) >= 11 is 0. The second-order valence-corrected chi connectivity index (χ2v) is 4.74. The molecule has 0 spiro atoms. The minimum atomic E-state index is 0.108. The second kappa shape index (κ2) is 6.74. The highest BCUT2D eigenvalue weighted by atomic mass is 16.2. The zero-order valence-electron chi connectivity index (χ0n) is 10.8. The van der Waals surface area contributed by atoms with Crippen LogP contribution in [-0.4, -0.2) is 55.1 Å². The summed E-state index contributed by atoms with van der Waals surface area (Å²) in [5, 5.41) is 2.99. The van der Waals surface area contributed by atoms with Crippen molar-refractivity contribution >= 4 is 6.03 Å². The number of likely N-dealkylation sites (N-methyl/N-ethyl adjacent to an activating group) is 1. The van der Waals surface area contributed by atoms with Gasteiger partial charge in [0.2, 0.25) is 0 Å². The number of rotatable bonds is 3. The van der Waals surface area contributed by atoms with Gasteiger partial charge in [-0.2, -0.15) is 0 Å². The van der Waals surface area contributed by atoms with Gasteiger partial charge in [0.15, 0.2) is 0 Å². The van der Waals surface area contributed by atoms with Gasteiger partial charge < -0.3 is 15.1 Å². The predicted octanol–water partition coefficient (Wildman–Crippen LogP) is 1.52. The molecule has 94 valence electrons. The normalized spacial score (nSPS) is 22.9. The van der Waals surface area contributed by atoms with E-state index in [0.717, 1.165) is 45.4 Å². The lowest BCUT2D eigenvalue weighted by atomic mass is 10.3. The first-order chi connectivity index (χ1) is 7.65. The van der Waals surface area contributed by atoms with Gasteiger partial charge in [-0.1, -0.05) is 13.3 Å². The Bertz CT molecular complexity index is 220. The third kappa shape index (κ3) is 4.00. The molecular weight excluding hydrogens is 202 g/mol. The van der Waals surface area contributed by atoms with Gasteiger partial charge in [0.1, 0.15) is 0 Å². The maximum Gasteiger partial charge on any atom is 0.317 e. The van der Waals surface area contributed by atoms with Crippen LogP contribution >= 0.6 is 0 Å². The number of amides is 2. The topological polar surface area (TPSA) is 35.6 Å². The Morgan fingerprint density at radius 1 is 1.44 bits per heavy atom. The SMILES string of the molecule is CCCCNC(=O)N1CCCN(C)CC1C. The number of hydrogen-bond donors (Lipinski definition) is 1. The lowest BCUT2D eigenvalue weighted by Crippen LogP contribution is -2.47. The molecule has 1 aliphatic heterocycles. The summed E-state index contributed by atoms with van der Waals surface area (Å²) in [5.41, 5.74) is 0. The van der Waals surface area contributed by atoms with Crippen LogP contribution in [0.25, 0.3) is 0 Å². The predicted molar refractivity (Wildman–Crippen MR) is 66.6 cm³/mol. The molecule has 0 radical (unpaired) electrons. The number of urea groups is 1. The molecule has 4 nitrogen and oxygen atoms in total. The number of nitrogens with one attached hydrogen (secondary N) is 1.